The number of esters is 1. The van der Waals surface area contributed by atoms with E-state index in [1.165, 1.54) is 26.5 Å². The van der Waals surface area contributed by atoms with Crippen LogP contribution >= 0.6 is 0 Å². The zero-order valence-electron chi connectivity index (χ0n) is 28.1. The van der Waals surface area contributed by atoms with Gasteiger partial charge in [-0.2, -0.15) is 0 Å². The SMILES string of the molecule is COC(=O)C(C(C)C)N(C(=O)CCCCCc1ccccc1)C(=O)C(N)[C@](C)(CO)CNC(=O)[C@H](C)NC(=O)OCc1ccccc1. The third-order valence-electron chi connectivity index (χ3n) is 8.04. The van der Waals surface area contributed by atoms with Gasteiger partial charge in [0, 0.05) is 18.4 Å². The minimum absolute atomic E-state index is 0.00357. The van der Waals surface area contributed by atoms with Crippen molar-refractivity contribution < 1.29 is 38.6 Å². The van der Waals surface area contributed by atoms with Gasteiger partial charge in [-0.1, -0.05) is 87.9 Å². The van der Waals surface area contributed by atoms with E-state index in [0.29, 0.717) is 6.42 Å². The molecule has 0 fully saturated rings. The summed E-state index contributed by atoms with van der Waals surface area (Å²) >= 11 is 0. The summed E-state index contributed by atoms with van der Waals surface area (Å²) in [4.78, 5) is 66.2. The summed E-state index contributed by atoms with van der Waals surface area (Å²) in [5.74, 6) is -3.32. The predicted octanol–water partition coefficient (Wildman–Crippen LogP) is 3.10. The average molecular weight is 655 g/mol. The number of benzene rings is 2. The molecular weight excluding hydrogens is 604 g/mol. The van der Waals surface area contributed by atoms with Crippen LogP contribution in [0.5, 0.6) is 0 Å². The second-order valence-corrected chi connectivity index (χ2v) is 12.3. The molecule has 258 valence electrons. The average Bonchev–Trinajstić information content (AvgIpc) is 3.07. The van der Waals surface area contributed by atoms with Crippen molar-refractivity contribution >= 4 is 29.8 Å². The molecule has 0 saturated heterocycles. The van der Waals surface area contributed by atoms with E-state index >= 15 is 0 Å². The number of imide groups is 1. The van der Waals surface area contributed by atoms with Gasteiger partial charge in [0.2, 0.25) is 17.7 Å². The lowest BCUT2D eigenvalue weighted by molar-refractivity contribution is -0.163. The summed E-state index contributed by atoms with van der Waals surface area (Å²) in [5.41, 5.74) is 6.94. The molecule has 2 rings (SSSR count). The van der Waals surface area contributed by atoms with Gasteiger partial charge < -0.3 is 30.9 Å². The molecule has 0 spiro atoms. The van der Waals surface area contributed by atoms with Crippen molar-refractivity contribution in [2.75, 3.05) is 20.3 Å². The number of nitrogens with one attached hydrogen (secondary N) is 2. The van der Waals surface area contributed by atoms with Crippen molar-refractivity contribution in [3.63, 3.8) is 0 Å². The number of hydrogen-bond acceptors (Lipinski definition) is 9. The quantitative estimate of drug-likeness (QED) is 0.139. The summed E-state index contributed by atoms with van der Waals surface area (Å²) in [6, 6.07) is 15.3. The predicted molar refractivity (Wildman–Crippen MR) is 177 cm³/mol. The van der Waals surface area contributed by atoms with Gasteiger partial charge in [0.1, 0.15) is 18.7 Å². The minimum Gasteiger partial charge on any atom is -0.467 e. The number of nitrogens with zero attached hydrogens (tertiary/aromatic N) is 1. The van der Waals surface area contributed by atoms with Crippen molar-refractivity contribution in [2.45, 2.75) is 84.5 Å². The van der Waals surface area contributed by atoms with Gasteiger partial charge in [0.15, 0.2) is 0 Å². The first kappa shape index (κ1) is 38.9. The van der Waals surface area contributed by atoms with Crippen LogP contribution in [0.25, 0.3) is 0 Å². The van der Waals surface area contributed by atoms with Crippen LogP contribution in [0, 0.1) is 11.3 Å². The largest absolute Gasteiger partial charge is 0.467 e. The lowest BCUT2D eigenvalue weighted by Crippen LogP contribution is -2.62. The summed E-state index contributed by atoms with van der Waals surface area (Å²) in [5, 5.41) is 15.4. The number of aryl methyl sites for hydroxylation is 1. The van der Waals surface area contributed by atoms with Crippen molar-refractivity contribution in [2.24, 2.45) is 17.1 Å². The van der Waals surface area contributed by atoms with Gasteiger partial charge in [-0.05, 0) is 43.2 Å². The van der Waals surface area contributed by atoms with Crippen molar-refractivity contribution in [1.29, 1.82) is 0 Å². The molecule has 5 N–H and O–H groups in total. The Morgan fingerprint density at radius 3 is 2.06 bits per heavy atom. The highest BCUT2D eigenvalue weighted by Crippen LogP contribution is 2.24. The number of aliphatic hydroxyl groups excluding tert-OH is 1. The number of rotatable bonds is 18. The Morgan fingerprint density at radius 1 is 0.915 bits per heavy atom. The number of unbranched alkanes of at least 4 members (excludes halogenated alkanes) is 2. The molecule has 2 unspecified atom stereocenters. The minimum atomic E-state index is -1.49. The monoisotopic (exact) mass is 654 g/mol. The number of alkyl carbamates (subject to hydrolysis) is 1. The topological polar surface area (TPSA) is 177 Å². The van der Waals surface area contributed by atoms with Crippen LogP contribution in [0.2, 0.25) is 0 Å². The number of ether oxygens (including phenoxy) is 2. The molecule has 47 heavy (non-hydrogen) atoms. The van der Waals surface area contributed by atoms with E-state index < -0.39 is 65.8 Å². The fraction of sp³-hybridized carbons (Fsp3) is 0.514. The maximum absolute atomic E-state index is 13.9. The van der Waals surface area contributed by atoms with Gasteiger partial charge in [-0.15, -0.1) is 0 Å². The standard InChI is InChI=1S/C35H50N4O8/c1-24(2)29(33(44)46-5)39(28(41)20-14-8-11-17-26-15-9-6-10-16-26)32(43)30(36)35(4,23-40)22-37-31(42)25(3)38-34(45)47-21-27-18-12-7-13-19-27/h6-7,9-10,12-13,15-16,18-19,24-25,29-30,40H,8,11,14,17,20-23,36H2,1-5H3,(H,37,42)(H,38,45)/t25-,29?,30?,35-/m0/s1. The van der Waals surface area contributed by atoms with Gasteiger partial charge in [-0.25, -0.2) is 9.59 Å². The van der Waals surface area contributed by atoms with E-state index in [2.05, 4.69) is 10.6 Å². The normalized spacial score (nSPS) is 14.2. The second-order valence-electron chi connectivity index (χ2n) is 12.3. The van der Waals surface area contributed by atoms with Crippen LogP contribution in [0.1, 0.15) is 64.5 Å². The zero-order valence-corrected chi connectivity index (χ0v) is 28.1. The second kappa shape index (κ2) is 19.4. The molecule has 0 heterocycles. The van der Waals surface area contributed by atoms with Gasteiger partial charge in [-0.3, -0.25) is 19.3 Å². The highest BCUT2D eigenvalue weighted by Gasteiger charge is 2.45. The molecular formula is C35H50N4O8. The van der Waals surface area contributed by atoms with Crippen LogP contribution in [0.3, 0.4) is 0 Å². The van der Waals surface area contributed by atoms with Crippen molar-refractivity contribution in [3.8, 4) is 0 Å². The smallest absolute Gasteiger partial charge is 0.408 e. The Kier molecular flexibility index (Phi) is 16.0. The number of carbonyl (C=O) groups excluding carboxylic acids is 5. The molecule has 12 heteroatoms. The Hall–Kier alpha value is -4.29. The fourth-order valence-corrected chi connectivity index (χ4v) is 4.92. The number of methoxy groups -OCH3 is 1. The first-order valence-electron chi connectivity index (χ1n) is 15.9. The molecule has 0 aromatic heterocycles. The zero-order chi connectivity index (χ0) is 35.0. The van der Waals surface area contributed by atoms with E-state index in [1.807, 2.05) is 48.5 Å². The van der Waals surface area contributed by atoms with Gasteiger partial charge in [0.25, 0.3) is 0 Å². The van der Waals surface area contributed by atoms with Crippen molar-refractivity contribution in [1.82, 2.24) is 15.5 Å². The van der Waals surface area contributed by atoms with Gasteiger partial charge >= 0.3 is 12.1 Å². The molecule has 0 radical (unpaired) electrons. The van der Waals surface area contributed by atoms with E-state index in [9.17, 15) is 29.1 Å². The Morgan fingerprint density at radius 2 is 1.51 bits per heavy atom. The lowest BCUT2D eigenvalue weighted by atomic mass is 9.81. The third-order valence-corrected chi connectivity index (χ3v) is 8.04. The highest BCUT2D eigenvalue weighted by atomic mass is 16.5. The number of hydrogen-bond donors (Lipinski definition) is 4. The molecule has 0 bridgehead atoms. The molecule has 0 aliphatic heterocycles. The van der Waals surface area contributed by atoms with Crippen LogP contribution in [-0.2, 0) is 41.7 Å². The molecule has 0 aliphatic rings. The van der Waals surface area contributed by atoms with E-state index in [0.717, 1.165) is 29.7 Å². The fourth-order valence-electron chi connectivity index (χ4n) is 4.92. The van der Waals surface area contributed by atoms with Crippen LogP contribution in [0.4, 0.5) is 4.79 Å². The lowest BCUT2D eigenvalue weighted by Gasteiger charge is -2.38. The van der Waals surface area contributed by atoms with E-state index in [-0.39, 0.29) is 19.6 Å². The number of nitrogens with two attached hydrogens (primary N) is 1. The Bertz CT molecular complexity index is 1310. The van der Waals surface area contributed by atoms with Crippen molar-refractivity contribution in [3.05, 3.63) is 71.8 Å². The summed E-state index contributed by atoms with van der Waals surface area (Å²) in [6.07, 6.45) is 2.11. The third kappa shape index (κ3) is 12.1. The summed E-state index contributed by atoms with van der Waals surface area (Å²) in [6.45, 7) is 5.42. The Labute approximate surface area is 277 Å². The number of aliphatic hydroxyl groups is 1. The van der Waals surface area contributed by atoms with Crippen LogP contribution in [0.15, 0.2) is 60.7 Å². The van der Waals surface area contributed by atoms with Gasteiger partial charge in [0.05, 0.1) is 19.8 Å². The molecule has 4 atom stereocenters. The molecule has 2 aromatic rings. The molecule has 4 amide bonds. The summed E-state index contributed by atoms with van der Waals surface area (Å²) in [7, 11) is 1.17. The molecule has 0 saturated carbocycles. The van der Waals surface area contributed by atoms with E-state index in [1.54, 1.807) is 26.0 Å². The Balaban J connectivity index is 2.07. The molecule has 12 nitrogen and oxygen atoms in total. The first-order valence-corrected chi connectivity index (χ1v) is 15.9. The summed E-state index contributed by atoms with van der Waals surface area (Å²) < 4.78 is 10.1. The van der Waals surface area contributed by atoms with Crippen LogP contribution in [-0.4, -0.2) is 78.2 Å². The maximum Gasteiger partial charge on any atom is 0.408 e. The molecule has 0 aliphatic carbocycles. The first-order chi connectivity index (χ1) is 22.3. The molecule has 2 aromatic carbocycles. The van der Waals surface area contributed by atoms with E-state index in [4.69, 9.17) is 15.2 Å². The maximum atomic E-state index is 13.9. The number of amides is 4. The van der Waals surface area contributed by atoms with Crippen LogP contribution < -0.4 is 16.4 Å². The highest BCUT2D eigenvalue weighted by molar-refractivity contribution is 6.02. The number of carbonyl (C=O) groups is 5.